The smallest absolute Gasteiger partial charge is 0.148 e. The summed E-state index contributed by atoms with van der Waals surface area (Å²) < 4.78 is 4.85. The number of rotatable bonds is 4. The average Bonchev–Trinajstić information content (AvgIpc) is 1.83. The lowest BCUT2D eigenvalue weighted by atomic mass is 10.5. The molecule has 0 heterocycles. The number of carbonyl (C=O) groups is 1. The van der Waals surface area contributed by atoms with Crippen LogP contribution in [0.5, 0.6) is 0 Å². The molecule has 0 aliphatic carbocycles. The van der Waals surface area contributed by atoms with Gasteiger partial charge in [-0.05, 0) is 6.92 Å². The Morgan fingerprint density at radius 3 is 2.88 bits per heavy atom. The van der Waals surface area contributed by atoms with E-state index in [0.29, 0.717) is 6.61 Å². The summed E-state index contributed by atoms with van der Waals surface area (Å²) in [6.45, 7) is 5.56. The molecule has 0 aromatic rings. The van der Waals surface area contributed by atoms with Crippen molar-refractivity contribution in [3.05, 3.63) is 12.7 Å². The second-order valence-electron chi connectivity index (χ2n) is 1.46. The van der Waals surface area contributed by atoms with Crippen molar-refractivity contribution in [3.63, 3.8) is 0 Å². The van der Waals surface area contributed by atoms with E-state index in [4.69, 9.17) is 4.74 Å². The Labute approximate surface area is 49.1 Å². The zero-order valence-corrected chi connectivity index (χ0v) is 4.96. The first kappa shape index (κ1) is 7.37. The Kier molecular flexibility index (Phi) is 4.17. The van der Waals surface area contributed by atoms with Crippen LogP contribution in [0.4, 0.5) is 0 Å². The molecule has 0 aromatic heterocycles. The third-order valence-electron chi connectivity index (χ3n) is 0.669. The molecule has 0 spiro atoms. The van der Waals surface area contributed by atoms with E-state index in [-0.39, 0.29) is 6.10 Å². The maximum absolute atomic E-state index is 9.85. The Balaban J connectivity index is 3.09. The molecule has 0 saturated carbocycles. The quantitative estimate of drug-likeness (QED) is 0.398. The fourth-order valence-corrected chi connectivity index (χ4v) is 0.259. The molecule has 8 heavy (non-hydrogen) atoms. The first-order chi connectivity index (χ1) is 3.81. The average molecular weight is 114 g/mol. The predicted molar refractivity (Wildman–Crippen MR) is 31.7 cm³/mol. The fraction of sp³-hybridized carbons (Fsp3) is 0.500. The van der Waals surface area contributed by atoms with Crippen molar-refractivity contribution in [1.29, 1.82) is 0 Å². The topological polar surface area (TPSA) is 26.3 Å². The third kappa shape index (κ3) is 3.56. The van der Waals surface area contributed by atoms with Gasteiger partial charge in [0.15, 0.2) is 0 Å². The molecule has 46 valence electrons. The monoisotopic (exact) mass is 114 g/mol. The number of hydrogen-bond acceptors (Lipinski definition) is 2. The Morgan fingerprint density at radius 1 is 1.88 bits per heavy atom. The van der Waals surface area contributed by atoms with Gasteiger partial charge in [-0.2, -0.15) is 0 Å². The molecule has 2 nitrogen and oxygen atoms in total. The lowest BCUT2D eigenvalue weighted by Crippen LogP contribution is -2.08. The zero-order chi connectivity index (χ0) is 6.41. The first-order valence-corrected chi connectivity index (χ1v) is 2.49. The predicted octanol–water partition coefficient (Wildman–Crippen LogP) is 0.776. The number of carbonyl (C=O) groups excluding carboxylic acids is 1. The van der Waals surface area contributed by atoms with E-state index in [2.05, 4.69) is 6.58 Å². The highest BCUT2D eigenvalue weighted by Crippen LogP contribution is 1.83. The van der Waals surface area contributed by atoms with Crippen molar-refractivity contribution >= 4 is 6.29 Å². The highest BCUT2D eigenvalue weighted by atomic mass is 16.5. The van der Waals surface area contributed by atoms with E-state index >= 15 is 0 Å². The summed E-state index contributed by atoms with van der Waals surface area (Å²) in [6.07, 6.45) is 2.07. The Bertz CT molecular complexity index is 78.6. The minimum absolute atomic E-state index is 0.298. The molecule has 1 unspecified atom stereocenters. The largest absolute Gasteiger partial charge is 0.367 e. The molecule has 0 aliphatic heterocycles. The Hall–Kier alpha value is -0.630. The van der Waals surface area contributed by atoms with Gasteiger partial charge in [0, 0.05) is 0 Å². The third-order valence-corrected chi connectivity index (χ3v) is 0.669. The summed E-state index contributed by atoms with van der Waals surface area (Å²) in [5.41, 5.74) is 0. The fourth-order valence-electron chi connectivity index (χ4n) is 0.259. The summed E-state index contributed by atoms with van der Waals surface area (Å²) in [5, 5.41) is 0. The highest BCUT2D eigenvalue weighted by Gasteiger charge is 1.93. The van der Waals surface area contributed by atoms with E-state index < -0.39 is 0 Å². The van der Waals surface area contributed by atoms with Crippen molar-refractivity contribution in [3.8, 4) is 0 Å². The van der Waals surface area contributed by atoms with Gasteiger partial charge >= 0.3 is 0 Å². The van der Waals surface area contributed by atoms with E-state index in [1.807, 2.05) is 0 Å². The normalized spacial score (nSPS) is 12.6. The van der Waals surface area contributed by atoms with E-state index in [1.54, 1.807) is 13.0 Å². The van der Waals surface area contributed by atoms with Crippen LogP contribution in [0.25, 0.3) is 0 Å². The number of hydrogen-bond donors (Lipinski definition) is 0. The maximum Gasteiger partial charge on any atom is 0.148 e. The molecule has 0 saturated heterocycles. The van der Waals surface area contributed by atoms with Crippen LogP contribution in [0.1, 0.15) is 6.92 Å². The molecule has 0 bridgehead atoms. The van der Waals surface area contributed by atoms with Gasteiger partial charge in [-0.15, -0.1) is 6.58 Å². The number of ether oxygens (including phenoxy) is 1. The molecule has 2 heteroatoms. The lowest BCUT2D eigenvalue weighted by Gasteiger charge is -2.00. The van der Waals surface area contributed by atoms with Gasteiger partial charge in [-0.25, -0.2) is 0 Å². The van der Waals surface area contributed by atoms with Crippen molar-refractivity contribution < 1.29 is 9.53 Å². The minimum atomic E-state index is -0.298. The van der Waals surface area contributed by atoms with Gasteiger partial charge in [0.05, 0.1) is 6.61 Å². The van der Waals surface area contributed by atoms with Gasteiger partial charge in [0.25, 0.3) is 0 Å². The lowest BCUT2D eigenvalue weighted by molar-refractivity contribution is -0.116. The molecule has 0 fully saturated rings. The summed E-state index contributed by atoms with van der Waals surface area (Å²) in [5.74, 6) is 0. The van der Waals surface area contributed by atoms with Crippen molar-refractivity contribution in [1.82, 2.24) is 0 Å². The van der Waals surface area contributed by atoms with Gasteiger partial charge in [0.1, 0.15) is 12.4 Å². The minimum Gasteiger partial charge on any atom is -0.367 e. The zero-order valence-electron chi connectivity index (χ0n) is 4.96. The van der Waals surface area contributed by atoms with Gasteiger partial charge in [0.2, 0.25) is 0 Å². The second-order valence-corrected chi connectivity index (χ2v) is 1.46. The molecule has 0 rings (SSSR count). The first-order valence-electron chi connectivity index (χ1n) is 2.49. The number of aldehydes is 1. The summed E-state index contributed by atoms with van der Waals surface area (Å²) >= 11 is 0. The maximum atomic E-state index is 9.85. The van der Waals surface area contributed by atoms with Crippen LogP contribution in [0, 0.1) is 0 Å². The SMILES string of the molecule is C=CCOC(C)C=O. The summed E-state index contributed by atoms with van der Waals surface area (Å²) in [4.78, 5) is 9.85. The van der Waals surface area contributed by atoms with Crippen LogP contribution in [-0.2, 0) is 9.53 Å². The molecule has 0 N–H and O–H groups in total. The van der Waals surface area contributed by atoms with Crippen molar-refractivity contribution in [2.24, 2.45) is 0 Å². The van der Waals surface area contributed by atoms with E-state index in [0.717, 1.165) is 6.29 Å². The van der Waals surface area contributed by atoms with Crippen LogP contribution in [0.2, 0.25) is 0 Å². The molecular weight excluding hydrogens is 104 g/mol. The standard InChI is InChI=1S/C6H10O2/c1-3-4-8-6(2)5-7/h3,5-6H,1,4H2,2H3. The van der Waals surface area contributed by atoms with Gasteiger partial charge < -0.3 is 9.53 Å². The van der Waals surface area contributed by atoms with Crippen LogP contribution in [-0.4, -0.2) is 19.0 Å². The van der Waals surface area contributed by atoms with Crippen LogP contribution < -0.4 is 0 Å². The second kappa shape index (κ2) is 4.53. The van der Waals surface area contributed by atoms with Crippen LogP contribution in [0.15, 0.2) is 12.7 Å². The Morgan fingerprint density at radius 2 is 2.50 bits per heavy atom. The van der Waals surface area contributed by atoms with E-state index in [1.165, 1.54) is 0 Å². The van der Waals surface area contributed by atoms with Crippen LogP contribution in [0.3, 0.4) is 0 Å². The molecule has 0 aromatic carbocycles. The van der Waals surface area contributed by atoms with E-state index in [9.17, 15) is 4.79 Å². The van der Waals surface area contributed by atoms with Gasteiger partial charge in [-0.3, -0.25) is 0 Å². The molecule has 0 radical (unpaired) electrons. The molecular formula is C6H10O2. The van der Waals surface area contributed by atoms with Crippen molar-refractivity contribution in [2.45, 2.75) is 13.0 Å². The highest BCUT2D eigenvalue weighted by molar-refractivity contribution is 5.55. The molecule has 0 aliphatic rings. The summed E-state index contributed by atoms with van der Waals surface area (Å²) in [7, 11) is 0. The van der Waals surface area contributed by atoms with Crippen LogP contribution >= 0.6 is 0 Å². The molecule has 1 atom stereocenters. The van der Waals surface area contributed by atoms with Crippen molar-refractivity contribution in [2.75, 3.05) is 6.61 Å². The summed E-state index contributed by atoms with van der Waals surface area (Å²) in [6, 6.07) is 0. The molecule has 0 amide bonds. The van der Waals surface area contributed by atoms with Gasteiger partial charge in [-0.1, -0.05) is 6.08 Å².